The van der Waals surface area contributed by atoms with Crippen LogP contribution >= 0.6 is 0 Å². The molecule has 164 valence electrons. The number of pyridine rings is 1. The molecule has 3 aromatic heterocycles. The van der Waals surface area contributed by atoms with Gasteiger partial charge >= 0.3 is 0 Å². The number of likely N-dealkylation sites (tertiary alicyclic amines) is 1. The summed E-state index contributed by atoms with van der Waals surface area (Å²) < 4.78 is 27.2. The maximum atomic E-state index is 14.7. The fraction of sp³-hybridized carbons (Fsp3) is 0.348. The molecule has 0 radical (unpaired) electrons. The quantitative estimate of drug-likeness (QED) is 0.518. The second-order valence-corrected chi connectivity index (χ2v) is 8.29. The number of hydrogen-bond donors (Lipinski definition) is 1. The number of methoxy groups -OCH3 is 1. The molecule has 2 fully saturated rings. The summed E-state index contributed by atoms with van der Waals surface area (Å²) in [6.07, 6.45) is 2.66. The van der Waals surface area contributed by atoms with Gasteiger partial charge in [-0.3, -0.25) is 9.88 Å². The Hall–Kier alpha value is -3.30. The lowest BCUT2D eigenvalue weighted by Crippen LogP contribution is -2.48. The van der Waals surface area contributed by atoms with Crippen LogP contribution < -0.4 is 10.1 Å². The molecule has 1 aromatic carbocycles. The van der Waals surface area contributed by atoms with Crippen LogP contribution in [0.4, 0.5) is 10.3 Å². The van der Waals surface area contributed by atoms with Crippen molar-refractivity contribution in [1.29, 1.82) is 0 Å². The van der Waals surface area contributed by atoms with E-state index in [1.165, 1.54) is 0 Å². The van der Waals surface area contributed by atoms with Crippen molar-refractivity contribution in [2.75, 3.05) is 38.7 Å². The van der Waals surface area contributed by atoms with Crippen LogP contribution in [-0.4, -0.2) is 76.2 Å². The standard InChI is InChI=1S/C23H23FN6O2/c1-31-22-21-17(14-4-5-19-15(9-14)3-2-7-25-19)6-8-30(21)28-23(27-22)26-20-11-29(10-18(20)24)16-12-32-13-16/h2-9,16,18,20H,10-13H2,1H3,(H,26,28)/t18-,20+/m0/s1. The van der Waals surface area contributed by atoms with Gasteiger partial charge in [0.05, 0.1) is 37.9 Å². The molecular formula is C23H23FN6O2. The highest BCUT2D eigenvalue weighted by Crippen LogP contribution is 2.33. The lowest BCUT2D eigenvalue weighted by atomic mass is 10.0. The first-order valence-electron chi connectivity index (χ1n) is 10.7. The monoisotopic (exact) mass is 434 g/mol. The van der Waals surface area contributed by atoms with Crippen LogP contribution in [0.1, 0.15) is 0 Å². The molecule has 0 amide bonds. The summed E-state index contributed by atoms with van der Waals surface area (Å²) in [4.78, 5) is 11.1. The molecule has 0 aliphatic carbocycles. The zero-order valence-corrected chi connectivity index (χ0v) is 17.6. The number of nitrogens with one attached hydrogen (secondary N) is 1. The van der Waals surface area contributed by atoms with Gasteiger partial charge in [0, 0.05) is 36.4 Å². The van der Waals surface area contributed by atoms with E-state index in [9.17, 15) is 4.39 Å². The minimum absolute atomic E-state index is 0.308. The fourth-order valence-corrected chi connectivity index (χ4v) is 4.50. The molecule has 6 rings (SSSR count). The maximum Gasteiger partial charge on any atom is 0.244 e. The van der Waals surface area contributed by atoms with E-state index in [0.717, 1.165) is 27.5 Å². The molecule has 0 unspecified atom stereocenters. The molecule has 9 heteroatoms. The molecule has 0 saturated carbocycles. The van der Waals surface area contributed by atoms with Crippen LogP contribution in [0, 0.1) is 0 Å². The number of rotatable bonds is 5. The molecule has 2 atom stereocenters. The predicted octanol–water partition coefficient (Wildman–Crippen LogP) is 2.79. The molecule has 2 aliphatic heterocycles. The predicted molar refractivity (Wildman–Crippen MR) is 119 cm³/mol. The van der Waals surface area contributed by atoms with Gasteiger partial charge in [0.25, 0.3) is 0 Å². The smallest absolute Gasteiger partial charge is 0.244 e. The summed E-state index contributed by atoms with van der Waals surface area (Å²) in [5, 5.41) is 8.82. The summed E-state index contributed by atoms with van der Waals surface area (Å²) in [6, 6.07) is 12.0. The Labute approximate surface area is 184 Å². The zero-order valence-electron chi connectivity index (χ0n) is 17.6. The summed E-state index contributed by atoms with van der Waals surface area (Å²) >= 11 is 0. The van der Waals surface area contributed by atoms with E-state index in [-0.39, 0.29) is 6.04 Å². The lowest BCUT2D eigenvalue weighted by molar-refractivity contribution is -0.0585. The third kappa shape index (κ3) is 3.25. The average Bonchev–Trinajstić information content (AvgIpc) is 3.35. The number of ether oxygens (including phenoxy) is 2. The molecule has 4 aromatic rings. The number of anilines is 1. The van der Waals surface area contributed by atoms with Crippen LogP contribution in [-0.2, 0) is 4.74 Å². The molecule has 2 aliphatic rings. The van der Waals surface area contributed by atoms with E-state index in [4.69, 9.17) is 9.47 Å². The SMILES string of the molecule is COc1nc(N[C@@H]2CN(C3COC3)C[C@@H]2F)nn2ccc(-c3ccc4ncccc4c3)c12. The molecular weight excluding hydrogens is 411 g/mol. The van der Waals surface area contributed by atoms with Crippen LogP contribution in [0.25, 0.3) is 27.5 Å². The molecule has 8 nitrogen and oxygen atoms in total. The summed E-state index contributed by atoms with van der Waals surface area (Å²) in [5.74, 6) is 0.782. The van der Waals surface area contributed by atoms with Gasteiger partial charge in [-0.15, -0.1) is 5.10 Å². The first-order valence-corrected chi connectivity index (χ1v) is 10.7. The molecule has 5 heterocycles. The highest BCUT2D eigenvalue weighted by Gasteiger charge is 2.39. The van der Waals surface area contributed by atoms with Gasteiger partial charge in [0.15, 0.2) is 0 Å². The summed E-state index contributed by atoms with van der Waals surface area (Å²) in [6.45, 7) is 2.34. The first kappa shape index (κ1) is 19.4. The van der Waals surface area contributed by atoms with Crippen LogP contribution in [0.3, 0.4) is 0 Å². The molecule has 0 spiro atoms. The largest absolute Gasteiger partial charge is 0.479 e. The van der Waals surface area contributed by atoms with Gasteiger partial charge < -0.3 is 14.8 Å². The zero-order chi connectivity index (χ0) is 21.7. The van der Waals surface area contributed by atoms with Crippen LogP contribution in [0.5, 0.6) is 5.88 Å². The van der Waals surface area contributed by atoms with Crippen LogP contribution in [0.2, 0.25) is 0 Å². The Morgan fingerprint density at radius 1 is 1.19 bits per heavy atom. The van der Waals surface area contributed by atoms with Gasteiger partial charge in [-0.25, -0.2) is 8.91 Å². The fourth-order valence-electron chi connectivity index (χ4n) is 4.50. The van der Waals surface area contributed by atoms with Crippen molar-refractivity contribution >= 4 is 22.4 Å². The highest BCUT2D eigenvalue weighted by atomic mass is 19.1. The molecule has 1 N–H and O–H groups in total. The highest BCUT2D eigenvalue weighted by molar-refractivity contribution is 5.90. The Kier molecular flexibility index (Phi) is 4.65. The minimum Gasteiger partial charge on any atom is -0.479 e. The number of nitrogens with zero attached hydrogens (tertiary/aromatic N) is 5. The van der Waals surface area contributed by atoms with Gasteiger partial charge in [-0.05, 0) is 29.8 Å². The Morgan fingerprint density at radius 2 is 2.09 bits per heavy atom. The van der Waals surface area contributed by atoms with Gasteiger partial charge in [0.2, 0.25) is 11.8 Å². The van der Waals surface area contributed by atoms with E-state index < -0.39 is 6.17 Å². The number of benzene rings is 1. The second kappa shape index (κ2) is 7.68. The minimum atomic E-state index is -0.993. The first-order chi connectivity index (χ1) is 15.7. The topological polar surface area (TPSA) is 76.8 Å². The van der Waals surface area contributed by atoms with Crippen LogP contribution in [0.15, 0.2) is 48.8 Å². The van der Waals surface area contributed by atoms with Crippen molar-refractivity contribution in [1.82, 2.24) is 24.5 Å². The van der Waals surface area contributed by atoms with E-state index in [1.807, 2.05) is 36.5 Å². The van der Waals surface area contributed by atoms with Crippen molar-refractivity contribution in [2.45, 2.75) is 18.3 Å². The Morgan fingerprint density at radius 3 is 2.91 bits per heavy atom. The normalized spacial score (nSPS) is 21.8. The van der Waals surface area contributed by atoms with E-state index in [0.29, 0.717) is 44.2 Å². The molecule has 2 saturated heterocycles. The number of halogens is 1. The van der Waals surface area contributed by atoms with Crippen molar-refractivity contribution in [3.05, 3.63) is 48.8 Å². The number of aromatic nitrogens is 4. The van der Waals surface area contributed by atoms with Crippen molar-refractivity contribution in [2.24, 2.45) is 0 Å². The van der Waals surface area contributed by atoms with Gasteiger partial charge in [-0.2, -0.15) is 4.98 Å². The molecule has 0 bridgehead atoms. The van der Waals surface area contributed by atoms with Crippen molar-refractivity contribution in [3.63, 3.8) is 0 Å². The second-order valence-electron chi connectivity index (χ2n) is 8.29. The van der Waals surface area contributed by atoms with Gasteiger partial charge in [-0.1, -0.05) is 12.1 Å². The third-order valence-corrected chi connectivity index (χ3v) is 6.31. The number of alkyl halides is 1. The molecule has 32 heavy (non-hydrogen) atoms. The van der Waals surface area contributed by atoms with Crippen molar-refractivity contribution < 1.29 is 13.9 Å². The number of fused-ring (bicyclic) bond motifs is 2. The van der Waals surface area contributed by atoms with E-state index in [2.05, 4.69) is 31.3 Å². The van der Waals surface area contributed by atoms with Crippen molar-refractivity contribution in [3.8, 4) is 17.0 Å². The summed E-state index contributed by atoms with van der Waals surface area (Å²) in [7, 11) is 1.58. The third-order valence-electron chi connectivity index (χ3n) is 6.31. The van der Waals surface area contributed by atoms with E-state index >= 15 is 0 Å². The van der Waals surface area contributed by atoms with E-state index in [1.54, 1.807) is 17.8 Å². The van der Waals surface area contributed by atoms with Gasteiger partial charge in [0.1, 0.15) is 11.7 Å². The Bertz CT molecular complexity index is 1290. The summed E-state index contributed by atoms with van der Waals surface area (Å²) in [5.41, 5.74) is 3.68. The Balaban J connectivity index is 1.32. The lowest BCUT2D eigenvalue weighted by Gasteiger charge is -2.34. The number of hydrogen-bond acceptors (Lipinski definition) is 7. The average molecular weight is 434 g/mol. The maximum absolute atomic E-state index is 14.7.